The van der Waals surface area contributed by atoms with E-state index in [9.17, 15) is 4.79 Å². The largest absolute Gasteiger partial charge is 0.508 e. The van der Waals surface area contributed by atoms with Gasteiger partial charge in [0.25, 0.3) is 0 Å². The molecule has 3 nitrogen and oxygen atoms in total. The normalized spacial score (nSPS) is 9.20. The van der Waals surface area contributed by atoms with E-state index in [-0.39, 0.29) is 17.1 Å². The molecule has 10 heavy (non-hydrogen) atoms. The molecule has 0 heterocycles. The maximum Gasteiger partial charge on any atom is 0.237 e. The Balaban J connectivity index is 3.19. The molecule has 3 heteroatoms. The van der Waals surface area contributed by atoms with Crippen molar-refractivity contribution in [2.24, 2.45) is 0 Å². The van der Waals surface area contributed by atoms with Gasteiger partial charge in [-0.3, -0.25) is 4.79 Å². The van der Waals surface area contributed by atoms with Gasteiger partial charge < -0.3 is 10.2 Å². The van der Waals surface area contributed by atoms with E-state index >= 15 is 0 Å². The molecule has 0 fully saturated rings. The SMILES string of the molecule is O=[C]c1ccc(O)cc1O. The first-order valence-corrected chi connectivity index (χ1v) is 2.64. The summed E-state index contributed by atoms with van der Waals surface area (Å²) in [5.41, 5.74) is 0.0535. The average Bonchev–Trinajstić information content (AvgIpc) is 1.88. The molecule has 0 aromatic heterocycles. The Morgan fingerprint density at radius 1 is 1.30 bits per heavy atom. The van der Waals surface area contributed by atoms with Crippen LogP contribution >= 0.6 is 0 Å². The van der Waals surface area contributed by atoms with E-state index in [1.807, 2.05) is 0 Å². The molecule has 1 rings (SSSR count). The number of carbonyl (C=O) groups excluding carboxylic acids is 1. The fraction of sp³-hybridized carbons (Fsp3) is 0. The van der Waals surface area contributed by atoms with Gasteiger partial charge in [0.2, 0.25) is 6.29 Å². The zero-order valence-corrected chi connectivity index (χ0v) is 5.03. The van der Waals surface area contributed by atoms with Gasteiger partial charge in [0, 0.05) is 6.07 Å². The van der Waals surface area contributed by atoms with Crippen molar-refractivity contribution in [1.29, 1.82) is 0 Å². The summed E-state index contributed by atoms with van der Waals surface area (Å²) in [4.78, 5) is 9.97. The molecule has 1 radical (unpaired) electrons. The van der Waals surface area contributed by atoms with Crippen molar-refractivity contribution in [3.8, 4) is 11.5 Å². The molecule has 0 saturated carbocycles. The molecule has 0 aliphatic rings. The quantitative estimate of drug-likeness (QED) is 0.594. The fourth-order valence-corrected chi connectivity index (χ4v) is 0.606. The Morgan fingerprint density at radius 2 is 2.00 bits per heavy atom. The van der Waals surface area contributed by atoms with Gasteiger partial charge >= 0.3 is 0 Å². The van der Waals surface area contributed by atoms with E-state index in [0.717, 1.165) is 6.07 Å². The zero-order valence-electron chi connectivity index (χ0n) is 5.03. The molecule has 0 bridgehead atoms. The molecule has 51 valence electrons. The Bertz CT molecular complexity index is 255. The molecular formula is C7H5O3. The number of phenols is 2. The Kier molecular flexibility index (Phi) is 1.58. The molecule has 0 unspecified atom stereocenters. The van der Waals surface area contributed by atoms with E-state index < -0.39 is 0 Å². The maximum atomic E-state index is 9.97. The van der Waals surface area contributed by atoms with Crippen LogP contribution in [0.2, 0.25) is 0 Å². The summed E-state index contributed by atoms with van der Waals surface area (Å²) < 4.78 is 0. The van der Waals surface area contributed by atoms with Gasteiger partial charge in [-0.2, -0.15) is 0 Å². The van der Waals surface area contributed by atoms with Crippen LogP contribution < -0.4 is 0 Å². The second-order valence-electron chi connectivity index (χ2n) is 1.80. The predicted octanol–water partition coefficient (Wildman–Crippen LogP) is 0.556. The van der Waals surface area contributed by atoms with Crippen LogP contribution in [0.25, 0.3) is 0 Å². The van der Waals surface area contributed by atoms with Crippen LogP contribution in [-0.2, 0) is 4.79 Å². The van der Waals surface area contributed by atoms with Crippen LogP contribution in [-0.4, -0.2) is 16.5 Å². The third kappa shape index (κ3) is 1.07. The monoisotopic (exact) mass is 137 g/mol. The van der Waals surface area contributed by atoms with E-state index in [0.29, 0.717) is 0 Å². The number of phenolic OH excluding ortho intramolecular Hbond substituents is 2. The van der Waals surface area contributed by atoms with Crippen LogP contribution in [0, 0.1) is 0 Å². The number of rotatable bonds is 1. The van der Waals surface area contributed by atoms with Crippen LogP contribution in [0.3, 0.4) is 0 Å². The topological polar surface area (TPSA) is 57.5 Å². The van der Waals surface area contributed by atoms with Crippen molar-refractivity contribution in [1.82, 2.24) is 0 Å². The highest BCUT2D eigenvalue weighted by Gasteiger charge is 1.99. The second-order valence-corrected chi connectivity index (χ2v) is 1.80. The summed E-state index contributed by atoms with van der Waals surface area (Å²) in [6.07, 6.45) is 1.51. The van der Waals surface area contributed by atoms with Gasteiger partial charge in [0.15, 0.2) is 0 Å². The third-order valence-corrected chi connectivity index (χ3v) is 1.09. The number of aromatic hydroxyl groups is 2. The molecule has 0 aliphatic carbocycles. The van der Waals surface area contributed by atoms with Crippen molar-refractivity contribution in [3.63, 3.8) is 0 Å². The van der Waals surface area contributed by atoms with Crippen molar-refractivity contribution >= 4 is 6.29 Å². The molecule has 1 aromatic carbocycles. The lowest BCUT2D eigenvalue weighted by atomic mass is 10.2. The van der Waals surface area contributed by atoms with Crippen molar-refractivity contribution in [3.05, 3.63) is 23.8 Å². The smallest absolute Gasteiger partial charge is 0.237 e. The van der Waals surface area contributed by atoms with Crippen LogP contribution in [0.15, 0.2) is 18.2 Å². The highest BCUT2D eigenvalue weighted by Crippen LogP contribution is 2.20. The molecule has 0 saturated heterocycles. The minimum absolute atomic E-state index is 0.0535. The lowest BCUT2D eigenvalue weighted by molar-refractivity contribution is 0.449. The molecule has 0 atom stereocenters. The Hall–Kier alpha value is -1.51. The minimum atomic E-state index is -0.255. The molecule has 0 amide bonds. The molecule has 0 spiro atoms. The first-order valence-electron chi connectivity index (χ1n) is 2.64. The van der Waals surface area contributed by atoms with E-state index in [1.165, 1.54) is 18.4 Å². The third-order valence-electron chi connectivity index (χ3n) is 1.09. The highest BCUT2D eigenvalue weighted by atomic mass is 16.3. The van der Waals surface area contributed by atoms with E-state index in [4.69, 9.17) is 10.2 Å². The number of hydrogen-bond donors (Lipinski definition) is 2. The summed E-state index contributed by atoms with van der Waals surface area (Å²) in [6, 6.07) is 3.68. The Morgan fingerprint density at radius 3 is 2.50 bits per heavy atom. The van der Waals surface area contributed by atoms with Gasteiger partial charge in [0.1, 0.15) is 11.5 Å². The van der Waals surface area contributed by atoms with Gasteiger partial charge in [-0.05, 0) is 12.1 Å². The summed E-state index contributed by atoms with van der Waals surface area (Å²) in [6.45, 7) is 0. The lowest BCUT2D eigenvalue weighted by Gasteiger charge is -1.94. The standard InChI is InChI=1S/C7H5O3/c8-4-5-1-2-6(9)3-7(5)10/h1-3,9-10H. The number of hydrogen-bond acceptors (Lipinski definition) is 3. The van der Waals surface area contributed by atoms with Crippen LogP contribution in [0.5, 0.6) is 11.5 Å². The summed E-state index contributed by atoms with van der Waals surface area (Å²) >= 11 is 0. The van der Waals surface area contributed by atoms with Crippen molar-refractivity contribution in [2.75, 3.05) is 0 Å². The van der Waals surface area contributed by atoms with Crippen LogP contribution in [0.4, 0.5) is 0 Å². The number of benzene rings is 1. The van der Waals surface area contributed by atoms with Crippen molar-refractivity contribution < 1.29 is 15.0 Å². The first-order chi connectivity index (χ1) is 4.74. The summed E-state index contributed by atoms with van der Waals surface area (Å²) in [5.74, 6) is -0.327. The highest BCUT2D eigenvalue weighted by molar-refractivity contribution is 5.79. The second kappa shape index (κ2) is 2.39. The van der Waals surface area contributed by atoms with Gasteiger partial charge in [-0.25, -0.2) is 0 Å². The fourth-order valence-electron chi connectivity index (χ4n) is 0.606. The predicted molar refractivity (Wildman–Crippen MR) is 34.6 cm³/mol. The Labute approximate surface area is 57.5 Å². The molecular weight excluding hydrogens is 132 g/mol. The van der Waals surface area contributed by atoms with Gasteiger partial charge in [-0.15, -0.1) is 0 Å². The summed E-state index contributed by atoms with van der Waals surface area (Å²) in [7, 11) is 0. The van der Waals surface area contributed by atoms with E-state index in [2.05, 4.69) is 0 Å². The zero-order chi connectivity index (χ0) is 7.56. The lowest BCUT2D eigenvalue weighted by Crippen LogP contribution is -1.79. The average molecular weight is 137 g/mol. The van der Waals surface area contributed by atoms with Crippen LogP contribution in [0.1, 0.15) is 5.56 Å². The van der Waals surface area contributed by atoms with E-state index in [1.54, 1.807) is 0 Å². The first kappa shape index (κ1) is 6.61. The van der Waals surface area contributed by atoms with Gasteiger partial charge in [0.05, 0.1) is 5.56 Å². The molecule has 1 aromatic rings. The van der Waals surface area contributed by atoms with Gasteiger partial charge in [-0.1, -0.05) is 0 Å². The maximum absolute atomic E-state index is 9.97. The summed E-state index contributed by atoms with van der Waals surface area (Å²) in [5, 5.41) is 17.6. The van der Waals surface area contributed by atoms with Crippen molar-refractivity contribution in [2.45, 2.75) is 0 Å². The minimum Gasteiger partial charge on any atom is -0.508 e. The molecule has 0 aliphatic heterocycles. The molecule has 2 N–H and O–H groups in total.